The van der Waals surface area contributed by atoms with E-state index in [-0.39, 0.29) is 5.75 Å². The zero-order valence-corrected chi connectivity index (χ0v) is 21.0. The molecule has 0 aliphatic heterocycles. The van der Waals surface area contributed by atoms with Crippen LogP contribution in [0.3, 0.4) is 0 Å². The number of ether oxygens (including phenoxy) is 2. The van der Waals surface area contributed by atoms with Crippen LogP contribution < -0.4 is 9.47 Å². The molecule has 2 atom stereocenters. The van der Waals surface area contributed by atoms with Crippen LogP contribution in [-0.4, -0.2) is 12.6 Å². The van der Waals surface area contributed by atoms with Crippen LogP contribution in [0.1, 0.15) is 100 Å². The molecule has 0 bridgehead atoms. The standard InChI is InChI=1S/C30H41FO3/c1-3-5-6-11-24-12-7-8-13-25(24)14-9-21-33-27-18-16-26(17-19-27)30(32)34-29-20-15-23(10-4-2)22-28(29)31/h15-20,22,24-25H,3-14,21H2,1-2H3. The van der Waals surface area contributed by atoms with Gasteiger partial charge in [-0.05, 0) is 73.1 Å². The topological polar surface area (TPSA) is 35.5 Å². The molecule has 0 saturated heterocycles. The van der Waals surface area contributed by atoms with Crippen LogP contribution in [0, 0.1) is 17.7 Å². The van der Waals surface area contributed by atoms with Gasteiger partial charge in [0.1, 0.15) is 5.75 Å². The van der Waals surface area contributed by atoms with E-state index < -0.39 is 11.8 Å². The lowest BCUT2D eigenvalue weighted by Gasteiger charge is -2.31. The molecule has 0 aromatic heterocycles. The molecule has 0 amide bonds. The largest absolute Gasteiger partial charge is 0.494 e. The number of halogens is 1. The highest BCUT2D eigenvalue weighted by Crippen LogP contribution is 2.36. The van der Waals surface area contributed by atoms with Gasteiger partial charge in [0.2, 0.25) is 0 Å². The number of benzene rings is 2. The molecular formula is C30H41FO3. The summed E-state index contributed by atoms with van der Waals surface area (Å²) in [5.41, 5.74) is 1.28. The van der Waals surface area contributed by atoms with Crippen molar-refractivity contribution in [3.05, 3.63) is 59.4 Å². The minimum atomic E-state index is -0.569. The summed E-state index contributed by atoms with van der Waals surface area (Å²) in [7, 11) is 0. The van der Waals surface area contributed by atoms with Crippen molar-refractivity contribution in [3.8, 4) is 11.5 Å². The van der Waals surface area contributed by atoms with Gasteiger partial charge in [-0.2, -0.15) is 0 Å². The minimum absolute atomic E-state index is 0.0408. The number of carbonyl (C=O) groups excluding carboxylic acids is 1. The molecule has 1 aliphatic rings. The van der Waals surface area contributed by atoms with E-state index in [1.807, 2.05) is 6.92 Å². The lowest BCUT2D eigenvalue weighted by molar-refractivity contribution is 0.0727. The van der Waals surface area contributed by atoms with Gasteiger partial charge in [0.05, 0.1) is 12.2 Å². The molecule has 0 spiro atoms. The summed E-state index contributed by atoms with van der Waals surface area (Å²) in [6.45, 7) is 5.01. The van der Waals surface area contributed by atoms with Crippen LogP contribution in [0.2, 0.25) is 0 Å². The zero-order valence-electron chi connectivity index (χ0n) is 21.0. The van der Waals surface area contributed by atoms with E-state index in [1.165, 1.54) is 69.9 Å². The maximum atomic E-state index is 14.2. The molecule has 34 heavy (non-hydrogen) atoms. The second kappa shape index (κ2) is 14.1. The molecule has 4 heteroatoms. The van der Waals surface area contributed by atoms with Crippen molar-refractivity contribution < 1.29 is 18.7 Å². The zero-order chi connectivity index (χ0) is 24.2. The second-order valence-electron chi connectivity index (χ2n) is 9.72. The predicted octanol–water partition coefficient (Wildman–Crippen LogP) is 8.54. The first-order valence-corrected chi connectivity index (χ1v) is 13.3. The van der Waals surface area contributed by atoms with Crippen LogP contribution in [0.15, 0.2) is 42.5 Å². The number of hydrogen-bond acceptors (Lipinski definition) is 3. The van der Waals surface area contributed by atoms with E-state index in [0.29, 0.717) is 12.2 Å². The quantitative estimate of drug-likeness (QED) is 0.168. The van der Waals surface area contributed by atoms with Crippen LogP contribution in [0.4, 0.5) is 4.39 Å². The average Bonchev–Trinajstić information content (AvgIpc) is 2.85. The molecule has 1 fully saturated rings. The molecule has 2 aromatic carbocycles. The van der Waals surface area contributed by atoms with Gasteiger partial charge in [-0.15, -0.1) is 0 Å². The second-order valence-corrected chi connectivity index (χ2v) is 9.72. The predicted molar refractivity (Wildman–Crippen MR) is 136 cm³/mol. The molecule has 2 unspecified atom stereocenters. The monoisotopic (exact) mass is 468 g/mol. The third-order valence-corrected chi connectivity index (χ3v) is 7.06. The number of carbonyl (C=O) groups is 1. The van der Waals surface area contributed by atoms with E-state index in [2.05, 4.69) is 6.92 Å². The Morgan fingerprint density at radius 3 is 2.26 bits per heavy atom. The Hall–Kier alpha value is -2.36. The SMILES string of the molecule is CCCCCC1CCCCC1CCCOc1ccc(C(=O)Oc2ccc(CCC)cc2F)cc1. The van der Waals surface area contributed by atoms with Crippen molar-refractivity contribution in [3.63, 3.8) is 0 Å². The smallest absolute Gasteiger partial charge is 0.343 e. The minimum Gasteiger partial charge on any atom is -0.494 e. The molecule has 0 heterocycles. The van der Waals surface area contributed by atoms with Crippen molar-refractivity contribution in [1.29, 1.82) is 0 Å². The van der Waals surface area contributed by atoms with Crippen molar-refractivity contribution in [2.45, 2.75) is 90.9 Å². The van der Waals surface area contributed by atoms with Gasteiger partial charge >= 0.3 is 5.97 Å². The first kappa shape index (κ1) is 26.2. The Morgan fingerprint density at radius 2 is 1.62 bits per heavy atom. The van der Waals surface area contributed by atoms with Crippen LogP contribution in [0.5, 0.6) is 11.5 Å². The Morgan fingerprint density at radius 1 is 0.912 bits per heavy atom. The highest BCUT2D eigenvalue weighted by Gasteiger charge is 2.24. The number of aryl methyl sites for hydroxylation is 1. The molecule has 186 valence electrons. The van der Waals surface area contributed by atoms with Crippen molar-refractivity contribution in [2.75, 3.05) is 6.61 Å². The van der Waals surface area contributed by atoms with E-state index in [0.717, 1.165) is 42.4 Å². The number of rotatable bonds is 13. The normalized spacial score (nSPS) is 18.0. The van der Waals surface area contributed by atoms with E-state index >= 15 is 0 Å². The Bertz CT molecular complexity index is 877. The lowest BCUT2D eigenvalue weighted by atomic mass is 9.74. The maximum Gasteiger partial charge on any atom is 0.343 e. The average molecular weight is 469 g/mol. The van der Waals surface area contributed by atoms with Gasteiger partial charge in [-0.3, -0.25) is 0 Å². The molecule has 0 N–H and O–H groups in total. The molecule has 1 aliphatic carbocycles. The summed E-state index contributed by atoms with van der Waals surface area (Å²) < 4.78 is 25.4. The summed E-state index contributed by atoms with van der Waals surface area (Å²) in [4.78, 5) is 12.4. The summed E-state index contributed by atoms with van der Waals surface area (Å²) in [6, 6.07) is 11.7. The molecule has 2 aromatic rings. The van der Waals surface area contributed by atoms with E-state index in [4.69, 9.17) is 9.47 Å². The van der Waals surface area contributed by atoms with E-state index in [1.54, 1.807) is 30.3 Å². The Labute approximate surface area is 205 Å². The molecule has 1 saturated carbocycles. The molecule has 3 rings (SSSR count). The molecule has 0 radical (unpaired) electrons. The highest BCUT2D eigenvalue weighted by molar-refractivity contribution is 5.91. The maximum absolute atomic E-state index is 14.2. The van der Waals surface area contributed by atoms with Gasteiger partial charge < -0.3 is 9.47 Å². The summed E-state index contributed by atoms with van der Waals surface area (Å²) in [5.74, 6) is 1.38. The number of unbranched alkanes of at least 4 members (excludes halogenated alkanes) is 2. The van der Waals surface area contributed by atoms with Gasteiger partial charge in [-0.25, -0.2) is 9.18 Å². The number of hydrogen-bond donors (Lipinski definition) is 0. The van der Waals surface area contributed by atoms with Gasteiger partial charge in [0.15, 0.2) is 11.6 Å². The molecular weight excluding hydrogens is 427 g/mol. The van der Waals surface area contributed by atoms with Gasteiger partial charge in [-0.1, -0.05) is 77.7 Å². The van der Waals surface area contributed by atoms with Crippen LogP contribution in [0.25, 0.3) is 0 Å². The summed E-state index contributed by atoms with van der Waals surface area (Å²) in [5, 5.41) is 0. The van der Waals surface area contributed by atoms with Crippen LogP contribution in [-0.2, 0) is 6.42 Å². The third-order valence-electron chi connectivity index (χ3n) is 7.06. The van der Waals surface area contributed by atoms with Gasteiger partial charge in [0, 0.05) is 0 Å². The van der Waals surface area contributed by atoms with Gasteiger partial charge in [0.25, 0.3) is 0 Å². The third kappa shape index (κ3) is 8.14. The fraction of sp³-hybridized carbons (Fsp3) is 0.567. The first-order valence-electron chi connectivity index (χ1n) is 13.3. The number of esters is 1. The van der Waals surface area contributed by atoms with Crippen molar-refractivity contribution in [1.82, 2.24) is 0 Å². The highest BCUT2D eigenvalue weighted by atomic mass is 19.1. The summed E-state index contributed by atoms with van der Waals surface area (Å²) in [6.07, 6.45) is 15.0. The van der Waals surface area contributed by atoms with Crippen molar-refractivity contribution in [2.24, 2.45) is 11.8 Å². The van der Waals surface area contributed by atoms with E-state index in [9.17, 15) is 9.18 Å². The fourth-order valence-corrected chi connectivity index (χ4v) is 5.15. The Kier molecular flexibility index (Phi) is 10.9. The first-order chi connectivity index (χ1) is 16.6. The molecule has 3 nitrogen and oxygen atoms in total. The lowest BCUT2D eigenvalue weighted by Crippen LogP contribution is -2.20. The van der Waals surface area contributed by atoms with Crippen molar-refractivity contribution >= 4 is 5.97 Å². The fourth-order valence-electron chi connectivity index (χ4n) is 5.15. The Balaban J connectivity index is 1.42. The summed E-state index contributed by atoms with van der Waals surface area (Å²) >= 11 is 0. The van der Waals surface area contributed by atoms with Crippen LogP contribution >= 0.6 is 0 Å².